The molecule has 0 saturated carbocycles. The molecule has 2 aromatic rings. The van der Waals surface area contributed by atoms with Gasteiger partial charge in [0.1, 0.15) is 6.61 Å². The summed E-state index contributed by atoms with van der Waals surface area (Å²) in [5.74, 6) is 2.46. The van der Waals surface area contributed by atoms with Crippen molar-refractivity contribution in [1.82, 2.24) is 19.8 Å². The maximum Gasteiger partial charge on any atom is 0.368 e. The van der Waals surface area contributed by atoms with E-state index >= 15 is 0 Å². The van der Waals surface area contributed by atoms with Gasteiger partial charge >= 0.3 is 5.69 Å². The van der Waals surface area contributed by atoms with Crippen molar-refractivity contribution < 1.29 is 10.1 Å². The van der Waals surface area contributed by atoms with Crippen LogP contribution in [0.2, 0.25) is 0 Å². The van der Waals surface area contributed by atoms with E-state index in [1.165, 1.54) is 7.05 Å². The van der Waals surface area contributed by atoms with Crippen molar-refractivity contribution in [3.63, 3.8) is 0 Å². The zero-order chi connectivity index (χ0) is 13.1. The molecule has 7 heteroatoms. The second-order valence-electron chi connectivity index (χ2n) is 3.52. The summed E-state index contributed by atoms with van der Waals surface area (Å²) in [5, 5.41) is 15.9. The molecule has 0 amide bonds. The number of terminal acetylenes is 1. The van der Waals surface area contributed by atoms with Crippen LogP contribution >= 0.6 is 0 Å². The van der Waals surface area contributed by atoms with Crippen molar-refractivity contribution in [2.24, 2.45) is 7.05 Å². The van der Waals surface area contributed by atoms with Gasteiger partial charge in [-0.2, -0.15) is 9.36 Å². The molecule has 92 valence electrons. The van der Waals surface area contributed by atoms with Crippen LogP contribution in [0.5, 0.6) is 0 Å². The summed E-state index contributed by atoms with van der Waals surface area (Å²) in [7, 11) is 1.49. The number of tetrazole rings is 1. The lowest BCUT2D eigenvalue weighted by molar-refractivity contribution is -0.253. The molecule has 0 bridgehead atoms. The highest BCUT2D eigenvalue weighted by Gasteiger charge is 2.13. The average Bonchev–Trinajstić information content (AvgIpc) is 2.71. The highest BCUT2D eigenvalue weighted by atomic mass is 17.1. The fraction of sp³-hybridized carbons (Fsp3) is 0.182. The van der Waals surface area contributed by atoms with Crippen LogP contribution in [0, 0.1) is 12.3 Å². The first-order chi connectivity index (χ1) is 8.69. The molecule has 1 aromatic carbocycles. The molecular weight excluding hydrogens is 236 g/mol. The van der Waals surface area contributed by atoms with Crippen LogP contribution in [-0.4, -0.2) is 25.0 Å². The zero-order valence-electron chi connectivity index (χ0n) is 9.57. The first kappa shape index (κ1) is 12.0. The maximum absolute atomic E-state index is 11.8. The fourth-order valence-electron chi connectivity index (χ4n) is 1.59. The minimum absolute atomic E-state index is 0.140. The molecular formula is C11H10N4O3. The highest BCUT2D eigenvalue weighted by molar-refractivity contribution is 5.51. The predicted molar refractivity (Wildman–Crippen MR) is 62.0 cm³/mol. The summed E-state index contributed by atoms with van der Waals surface area (Å²) in [6.07, 6.45) is 5.36. The second-order valence-corrected chi connectivity index (χ2v) is 3.52. The number of hydrogen-bond donors (Lipinski definition) is 1. The van der Waals surface area contributed by atoms with E-state index in [1.807, 2.05) is 0 Å². The SMILES string of the molecule is C#Cc1cccc(-n2nnn(C)c2=O)c1COO. The van der Waals surface area contributed by atoms with Gasteiger partial charge in [-0.05, 0) is 22.6 Å². The van der Waals surface area contributed by atoms with Crippen LogP contribution in [0.15, 0.2) is 23.0 Å². The number of aryl methyl sites for hydroxylation is 1. The van der Waals surface area contributed by atoms with Crippen LogP contribution < -0.4 is 5.69 Å². The minimum atomic E-state index is -0.414. The van der Waals surface area contributed by atoms with Gasteiger partial charge in [0, 0.05) is 18.2 Å². The van der Waals surface area contributed by atoms with Gasteiger partial charge in [-0.25, -0.2) is 9.68 Å². The monoisotopic (exact) mass is 246 g/mol. The average molecular weight is 246 g/mol. The maximum atomic E-state index is 11.8. The van der Waals surface area contributed by atoms with Gasteiger partial charge in [-0.1, -0.05) is 12.0 Å². The van der Waals surface area contributed by atoms with Gasteiger partial charge in [0.15, 0.2) is 0 Å². The Balaban J connectivity index is 2.68. The summed E-state index contributed by atoms with van der Waals surface area (Å²) in [5.41, 5.74) is 1.02. The molecule has 0 saturated heterocycles. The number of aromatic nitrogens is 4. The molecule has 1 N–H and O–H groups in total. The van der Waals surface area contributed by atoms with E-state index in [2.05, 4.69) is 21.2 Å². The van der Waals surface area contributed by atoms with Crippen LogP contribution in [-0.2, 0) is 18.5 Å². The first-order valence-electron chi connectivity index (χ1n) is 5.03. The van der Waals surface area contributed by atoms with Crippen molar-refractivity contribution in [3.05, 3.63) is 39.8 Å². The normalized spacial score (nSPS) is 10.3. The molecule has 18 heavy (non-hydrogen) atoms. The van der Waals surface area contributed by atoms with Crippen LogP contribution in [0.25, 0.3) is 5.69 Å². The minimum Gasteiger partial charge on any atom is -0.251 e. The van der Waals surface area contributed by atoms with Gasteiger partial charge in [0.25, 0.3) is 0 Å². The molecule has 7 nitrogen and oxygen atoms in total. The molecule has 0 radical (unpaired) electrons. The van der Waals surface area contributed by atoms with Crippen LogP contribution in [0.1, 0.15) is 11.1 Å². The van der Waals surface area contributed by atoms with Crippen molar-refractivity contribution in [2.45, 2.75) is 6.61 Å². The Hall–Kier alpha value is -2.43. The summed E-state index contributed by atoms with van der Waals surface area (Å²) < 4.78 is 2.18. The molecule has 2 rings (SSSR count). The third-order valence-electron chi connectivity index (χ3n) is 2.47. The Bertz CT molecular complexity index is 666. The predicted octanol–water partition coefficient (Wildman–Crippen LogP) is -0.0631. The Kier molecular flexibility index (Phi) is 3.23. The summed E-state index contributed by atoms with van der Waals surface area (Å²) in [6, 6.07) is 5.01. The van der Waals surface area contributed by atoms with E-state index in [9.17, 15) is 4.79 Å². The van der Waals surface area contributed by atoms with E-state index in [1.54, 1.807) is 18.2 Å². The molecule has 1 heterocycles. The van der Waals surface area contributed by atoms with E-state index in [0.29, 0.717) is 16.8 Å². The zero-order valence-corrected chi connectivity index (χ0v) is 9.57. The quantitative estimate of drug-likeness (QED) is 0.466. The lowest BCUT2D eigenvalue weighted by atomic mass is 10.1. The Labute approximate surface area is 102 Å². The summed E-state index contributed by atoms with van der Waals surface area (Å²) in [6.45, 7) is -0.140. The van der Waals surface area contributed by atoms with E-state index in [4.69, 9.17) is 11.7 Å². The highest BCUT2D eigenvalue weighted by Crippen LogP contribution is 2.17. The van der Waals surface area contributed by atoms with Crippen LogP contribution in [0.4, 0.5) is 0 Å². The van der Waals surface area contributed by atoms with Gasteiger partial charge in [-0.3, -0.25) is 5.26 Å². The number of nitrogens with zero attached hydrogens (tertiary/aromatic N) is 4. The standard InChI is InChI=1S/C11H10N4O3/c1-3-8-5-4-6-10(9(8)7-18-17)15-11(16)14(2)12-13-15/h1,4-6,17H,7H2,2H3. The number of rotatable bonds is 3. The smallest absolute Gasteiger partial charge is 0.251 e. The molecule has 0 unspecified atom stereocenters. The second kappa shape index (κ2) is 4.83. The Morgan fingerprint density at radius 2 is 2.28 bits per heavy atom. The lowest BCUT2D eigenvalue weighted by Crippen LogP contribution is -2.23. The van der Waals surface area contributed by atoms with Gasteiger partial charge in [-0.15, -0.1) is 6.42 Å². The number of hydrogen-bond acceptors (Lipinski definition) is 5. The molecule has 0 atom stereocenters. The van der Waals surface area contributed by atoms with Crippen LogP contribution in [0.3, 0.4) is 0 Å². The largest absolute Gasteiger partial charge is 0.368 e. The van der Waals surface area contributed by atoms with E-state index in [0.717, 1.165) is 9.36 Å². The molecule has 0 aliphatic rings. The Morgan fingerprint density at radius 3 is 2.83 bits per heavy atom. The third-order valence-corrected chi connectivity index (χ3v) is 2.47. The third kappa shape index (κ3) is 1.90. The molecule has 0 aliphatic heterocycles. The van der Waals surface area contributed by atoms with Gasteiger partial charge < -0.3 is 0 Å². The fourth-order valence-corrected chi connectivity index (χ4v) is 1.59. The molecule has 0 spiro atoms. The van der Waals surface area contributed by atoms with Gasteiger partial charge in [0.2, 0.25) is 0 Å². The van der Waals surface area contributed by atoms with E-state index in [-0.39, 0.29) is 6.61 Å². The van der Waals surface area contributed by atoms with Crippen molar-refractivity contribution >= 4 is 0 Å². The molecule has 0 aliphatic carbocycles. The first-order valence-corrected chi connectivity index (χ1v) is 5.03. The summed E-state index contributed by atoms with van der Waals surface area (Å²) in [4.78, 5) is 15.9. The molecule has 1 aromatic heterocycles. The van der Waals surface area contributed by atoms with Crippen molar-refractivity contribution in [1.29, 1.82) is 0 Å². The Morgan fingerprint density at radius 1 is 1.50 bits per heavy atom. The topological polar surface area (TPSA) is 82.2 Å². The lowest BCUT2D eigenvalue weighted by Gasteiger charge is -2.08. The summed E-state index contributed by atoms with van der Waals surface area (Å²) >= 11 is 0. The van der Waals surface area contributed by atoms with Gasteiger partial charge in [0.05, 0.1) is 5.69 Å². The number of benzene rings is 1. The van der Waals surface area contributed by atoms with E-state index < -0.39 is 5.69 Å². The molecule has 0 fully saturated rings. The van der Waals surface area contributed by atoms with Crippen molar-refractivity contribution in [3.8, 4) is 18.0 Å². The van der Waals surface area contributed by atoms with Crippen molar-refractivity contribution in [2.75, 3.05) is 0 Å².